The standard InChI is InChI=1S/C11H19N3O2/c1-9-7-12-13-10(9)11(2)8-14(3-5-15)4-6-16-11/h7,15H,3-6,8H2,1-2H3,(H,12,13)/t11-/m1/s1. The van der Waals surface area contributed by atoms with E-state index in [1.54, 1.807) is 0 Å². The Morgan fingerprint density at radius 3 is 3.12 bits per heavy atom. The van der Waals surface area contributed by atoms with Crippen LogP contribution in [0.2, 0.25) is 0 Å². The number of aromatic amines is 1. The van der Waals surface area contributed by atoms with Crippen molar-refractivity contribution in [1.82, 2.24) is 15.1 Å². The predicted octanol–water partition coefficient (Wildman–Crippen LogP) is 0.258. The minimum absolute atomic E-state index is 0.192. The highest BCUT2D eigenvalue weighted by atomic mass is 16.5. The van der Waals surface area contributed by atoms with Crippen LogP contribution in [0.3, 0.4) is 0 Å². The zero-order valence-electron chi connectivity index (χ0n) is 9.86. The Morgan fingerprint density at radius 1 is 1.69 bits per heavy atom. The highest BCUT2D eigenvalue weighted by Gasteiger charge is 2.36. The Bertz CT molecular complexity index is 351. The van der Waals surface area contributed by atoms with Gasteiger partial charge in [0.15, 0.2) is 0 Å². The molecule has 2 N–H and O–H groups in total. The lowest BCUT2D eigenvalue weighted by atomic mass is 9.97. The Morgan fingerprint density at radius 2 is 2.50 bits per heavy atom. The van der Waals surface area contributed by atoms with Gasteiger partial charge in [0.05, 0.1) is 25.1 Å². The number of ether oxygens (including phenoxy) is 1. The number of hydrogen-bond acceptors (Lipinski definition) is 4. The first-order valence-electron chi connectivity index (χ1n) is 5.63. The summed E-state index contributed by atoms with van der Waals surface area (Å²) in [5.74, 6) is 0. The summed E-state index contributed by atoms with van der Waals surface area (Å²) in [4.78, 5) is 2.21. The van der Waals surface area contributed by atoms with Gasteiger partial charge in [-0.3, -0.25) is 10.00 Å². The molecule has 0 radical (unpaired) electrons. The molecule has 2 heterocycles. The van der Waals surface area contributed by atoms with Gasteiger partial charge < -0.3 is 9.84 Å². The maximum atomic E-state index is 8.97. The number of nitrogens with one attached hydrogen (secondary N) is 1. The Labute approximate surface area is 95.4 Å². The molecule has 1 aliphatic heterocycles. The van der Waals surface area contributed by atoms with E-state index in [0.29, 0.717) is 13.2 Å². The van der Waals surface area contributed by atoms with Crippen molar-refractivity contribution in [3.63, 3.8) is 0 Å². The van der Waals surface area contributed by atoms with E-state index in [1.807, 2.05) is 13.1 Å². The van der Waals surface area contributed by atoms with Crippen molar-refractivity contribution in [3.8, 4) is 0 Å². The lowest BCUT2D eigenvalue weighted by Crippen LogP contribution is -2.49. The average Bonchev–Trinajstić information content (AvgIpc) is 2.66. The molecule has 1 atom stereocenters. The van der Waals surface area contributed by atoms with Crippen LogP contribution in [0.5, 0.6) is 0 Å². The minimum atomic E-state index is -0.339. The summed E-state index contributed by atoms with van der Waals surface area (Å²) in [6, 6.07) is 0. The van der Waals surface area contributed by atoms with Crippen LogP contribution in [0.4, 0.5) is 0 Å². The third-order valence-corrected chi connectivity index (χ3v) is 3.13. The molecule has 0 aliphatic carbocycles. The van der Waals surface area contributed by atoms with Crippen LogP contribution in [0.1, 0.15) is 18.2 Å². The molecule has 90 valence electrons. The molecule has 1 aromatic rings. The number of H-pyrrole nitrogens is 1. The van der Waals surface area contributed by atoms with Crippen molar-refractivity contribution < 1.29 is 9.84 Å². The number of rotatable bonds is 3. The number of β-amino-alcohol motifs (C(OH)–C–C–N with tert-alkyl or cyclic N) is 1. The van der Waals surface area contributed by atoms with Crippen LogP contribution in [0.15, 0.2) is 6.20 Å². The molecule has 16 heavy (non-hydrogen) atoms. The summed E-state index contributed by atoms with van der Waals surface area (Å²) in [6.07, 6.45) is 1.81. The highest BCUT2D eigenvalue weighted by Crippen LogP contribution is 2.29. The number of morpholine rings is 1. The summed E-state index contributed by atoms with van der Waals surface area (Å²) in [5, 5.41) is 16.0. The summed E-state index contributed by atoms with van der Waals surface area (Å²) >= 11 is 0. The fourth-order valence-electron chi connectivity index (χ4n) is 2.32. The van der Waals surface area contributed by atoms with Crippen LogP contribution in [0.25, 0.3) is 0 Å². The SMILES string of the molecule is Cc1cn[nH]c1[C@@]1(C)CN(CCO)CCO1. The van der Waals surface area contributed by atoms with E-state index in [0.717, 1.165) is 24.3 Å². The maximum Gasteiger partial charge on any atom is 0.119 e. The van der Waals surface area contributed by atoms with E-state index in [2.05, 4.69) is 22.0 Å². The fourth-order valence-corrected chi connectivity index (χ4v) is 2.32. The largest absolute Gasteiger partial charge is 0.395 e. The van der Waals surface area contributed by atoms with E-state index in [-0.39, 0.29) is 12.2 Å². The second kappa shape index (κ2) is 4.53. The van der Waals surface area contributed by atoms with Gasteiger partial charge in [0.2, 0.25) is 0 Å². The maximum absolute atomic E-state index is 8.97. The number of aromatic nitrogens is 2. The van der Waals surface area contributed by atoms with Crippen LogP contribution < -0.4 is 0 Å². The molecule has 0 saturated carbocycles. The smallest absolute Gasteiger partial charge is 0.119 e. The first kappa shape index (κ1) is 11.6. The van der Waals surface area contributed by atoms with E-state index in [1.165, 1.54) is 0 Å². The average molecular weight is 225 g/mol. The number of aryl methyl sites for hydroxylation is 1. The molecule has 5 heteroatoms. The zero-order valence-corrected chi connectivity index (χ0v) is 9.86. The number of aliphatic hydroxyl groups is 1. The highest BCUT2D eigenvalue weighted by molar-refractivity contribution is 5.22. The number of hydrogen-bond donors (Lipinski definition) is 2. The van der Waals surface area contributed by atoms with Crippen molar-refractivity contribution in [2.75, 3.05) is 32.8 Å². The topological polar surface area (TPSA) is 61.4 Å². The van der Waals surface area contributed by atoms with Crippen LogP contribution >= 0.6 is 0 Å². The van der Waals surface area contributed by atoms with Gasteiger partial charge in [-0.1, -0.05) is 0 Å². The lowest BCUT2D eigenvalue weighted by molar-refractivity contribution is -0.107. The van der Waals surface area contributed by atoms with Crippen molar-refractivity contribution >= 4 is 0 Å². The summed E-state index contributed by atoms with van der Waals surface area (Å²) in [7, 11) is 0. The quantitative estimate of drug-likeness (QED) is 0.774. The predicted molar refractivity (Wildman–Crippen MR) is 60.2 cm³/mol. The second-order valence-electron chi connectivity index (χ2n) is 4.51. The lowest BCUT2D eigenvalue weighted by Gasteiger charge is -2.40. The molecular formula is C11H19N3O2. The van der Waals surface area contributed by atoms with Gasteiger partial charge in [-0.15, -0.1) is 0 Å². The summed E-state index contributed by atoms with van der Waals surface area (Å²) < 4.78 is 5.87. The number of nitrogens with zero attached hydrogens (tertiary/aromatic N) is 2. The van der Waals surface area contributed by atoms with Gasteiger partial charge in [0, 0.05) is 19.6 Å². The summed E-state index contributed by atoms with van der Waals surface area (Å²) in [5.41, 5.74) is 1.82. The Kier molecular flexibility index (Phi) is 3.28. The zero-order chi connectivity index (χ0) is 11.6. The third kappa shape index (κ3) is 2.11. The first-order chi connectivity index (χ1) is 7.65. The van der Waals surface area contributed by atoms with Crippen LogP contribution in [-0.2, 0) is 10.3 Å². The normalized spacial score (nSPS) is 27.2. The molecule has 2 rings (SSSR count). The molecule has 0 amide bonds. The monoisotopic (exact) mass is 225 g/mol. The molecule has 0 bridgehead atoms. The molecule has 0 unspecified atom stereocenters. The van der Waals surface area contributed by atoms with Crippen molar-refractivity contribution in [3.05, 3.63) is 17.5 Å². The molecule has 1 saturated heterocycles. The second-order valence-corrected chi connectivity index (χ2v) is 4.51. The first-order valence-corrected chi connectivity index (χ1v) is 5.63. The molecule has 0 spiro atoms. The molecule has 5 nitrogen and oxygen atoms in total. The van der Waals surface area contributed by atoms with E-state index in [9.17, 15) is 0 Å². The summed E-state index contributed by atoms with van der Waals surface area (Å²) in [6.45, 7) is 7.34. The molecule has 1 aromatic heterocycles. The van der Waals surface area contributed by atoms with Gasteiger partial charge in [-0.25, -0.2) is 0 Å². The molecule has 1 aliphatic rings. The van der Waals surface area contributed by atoms with Crippen molar-refractivity contribution in [1.29, 1.82) is 0 Å². The number of aliphatic hydroxyl groups excluding tert-OH is 1. The van der Waals surface area contributed by atoms with E-state index in [4.69, 9.17) is 9.84 Å². The van der Waals surface area contributed by atoms with Crippen LogP contribution in [-0.4, -0.2) is 53.1 Å². The Balaban J connectivity index is 2.15. The van der Waals surface area contributed by atoms with Gasteiger partial charge in [-0.2, -0.15) is 5.10 Å². The van der Waals surface area contributed by atoms with Gasteiger partial charge >= 0.3 is 0 Å². The third-order valence-electron chi connectivity index (χ3n) is 3.13. The molecular weight excluding hydrogens is 206 g/mol. The van der Waals surface area contributed by atoms with E-state index >= 15 is 0 Å². The van der Waals surface area contributed by atoms with Gasteiger partial charge in [0.1, 0.15) is 5.60 Å². The minimum Gasteiger partial charge on any atom is -0.395 e. The Hall–Kier alpha value is -0.910. The van der Waals surface area contributed by atoms with Gasteiger partial charge in [0.25, 0.3) is 0 Å². The molecule has 1 fully saturated rings. The van der Waals surface area contributed by atoms with Crippen molar-refractivity contribution in [2.24, 2.45) is 0 Å². The van der Waals surface area contributed by atoms with Crippen LogP contribution in [0, 0.1) is 6.92 Å². The van der Waals surface area contributed by atoms with E-state index < -0.39 is 0 Å². The van der Waals surface area contributed by atoms with Gasteiger partial charge in [-0.05, 0) is 19.4 Å². The van der Waals surface area contributed by atoms with Crippen molar-refractivity contribution in [2.45, 2.75) is 19.4 Å². The molecule has 0 aromatic carbocycles. The fraction of sp³-hybridized carbons (Fsp3) is 0.727.